The molecule has 0 bridgehead atoms. The Morgan fingerprint density at radius 3 is 2.61 bits per heavy atom. The van der Waals surface area contributed by atoms with Crippen molar-refractivity contribution in [1.29, 1.82) is 0 Å². The summed E-state index contributed by atoms with van der Waals surface area (Å²) in [4.78, 5) is 12.7. The van der Waals surface area contributed by atoms with Crippen molar-refractivity contribution in [1.82, 2.24) is 0 Å². The third kappa shape index (κ3) is 2.93. The van der Waals surface area contributed by atoms with E-state index < -0.39 is 0 Å². The van der Waals surface area contributed by atoms with Crippen molar-refractivity contribution in [2.24, 2.45) is 0 Å². The first-order chi connectivity index (χ1) is 11.1. The predicted octanol–water partition coefficient (Wildman–Crippen LogP) is 3.67. The summed E-state index contributed by atoms with van der Waals surface area (Å²) in [7, 11) is 3.22. The summed E-state index contributed by atoms with van der Waals surface area (Å²) in [5.41, 5.74) is 3.12. The highest BCUT2D eigenvalue weighted by Crippen LogP contribution is 2.31. The third-order valence-electron chi connectivity index (χ3n) is 3.87. The van der Waals surface area contributed by atoms with Crippen molar-refractivity contribution < 1.29 is 19.0 Å². The molecule has 0 saturated carbocycles. The molecule has 0 aromatic heterocycles. The summed E-state index contributed by atoms with van der Waals surface area (Å²) in [5.74, 6) is 2.04. The molecule has 118 valence electrons. The van der Waals surface area contributed by atoms with Crippen LogP contribution in [0.3, 0.4) is 0 Å². The summed E-state index contributed by atoms with van der Waals surface area (Å²) in [6.45, 7) is 2.24. The molecule has 23 heavy (non-hydrogen) atoms. The molecule has 0 N–H and O–H groups in total. The van der Waals surface area contributed by atoms with Crippen molar-refractivity contribution >= 4 is 11.9 Å². The van der Waals surface area contributed by atoms with Gasteiger partial charge in [0.05, 0.1) is 19.8 Å². The van der Waals surface area contributed by atoms with E-state index in [9.17, 15) is 4.79 Å². The van der Waals surface area contributed by atoms with Crippen LogP contribution in [0.1, 0.15) is 21.5 Å². The number of ketones is 1. The molecule has 0 unspecified atom stereocenters. The van der Waals surface area contributed by atoms with Gasteiger partial charge in [-0.3, -0.25) is 4.79 Å². The molecule has 2 aromatic carbocycles. The van der Waals surface area contributed by atoms with Crippen molar-refractivity contribution in [3.05, 3.63) is 58.7 Å². The summed E-state index contributed by atoms with van der Waals surface area (Å²) in [6.07, 6.45) is 1.86. The number of ether oxygens (including phenoxy) is 3. The van der Waals surface area contributed by atoms with E-state index in [0.717, 1.165) is 16.9 Å². The lowest BCUT2D eigenvalue weighted by Gasteiger charge is -2.19. The van der Waals surface area contributed by atoms with Gasteiger partial charge in [0.25, 0.3) is 0 Å². The maximum atomic E-state index is 12.7. The molecule has 0 aliphatic carbocycles. The summed E-state index contributed by atoms with van der Waals surface area (Å²) < 4.78 is 16.1. The highest BCUT2D eigenvalue weighted by atomic mass is 16.5. The second kappa shape index (κ2) is 6.16. The van der Waals surface area contributed by atoms with Gasteiger partial charge in [0.1, 0.15) is 23.9 Å². The highest BCUT2D eigenvalue weighted by Gasteiger charge is 2.23. The highest BCUT2D eigenvalue weighted by molar-refractivity contribution is 6.14. The number of fused-ring (bicyclic) bond motifs is 1. The minimum absolute atomic E-state index is 0.0291. The number of Topliss-reactive ketones (excluding diaryl/α,β-unsaturated/α-hetero) is 1. The molecule has 0 fully saturated rings. The van der Waals surface area contributed by atoms with Gasteiger partial charge in [-0.05, 0) is 54.5 Å². The smallest absolute Gasteiger partial charge is 0.196 e. The van der Waals surface area contributed by atoms with Crippen LogP contribution in [-0.2, 0) is 0 Å². The molecule has 3 rings (SSSR count). The van der Waals surface area contributed by atoms with Crippen LogP contribution in [0, 0.1) is 6.92 Å². The van der Waals surface area contributed by atoms with Gasteiger partial charge >= 0.3 is 0 Å². The van der Waals surface area contributed by atoms with Crippen molar-refractivity contribution in [2.45, 2.75) is 6.92 Å². The fourth-order valence-electron chi connectivity index (χ4n) is 2.63. The van der Waals surface area contributed by atoms with Crippen LogP contribution in [0.5, 0.6) is 17.2 Å². The van der Waals surface area contributed by atoms with E-state index in [1.165, 1.54) is 0 Å². The largest absolute Gasteiger partial charge is 0.497 e. The zero-order chi connectivity index (χ0) is 16.4. The van der Waals surface area contributed by atoms with Crippen molar-refractivity contribution in [2.75, 3.05) is 20.8 Å². The zero-order valence-corrected chi connectivity index (χ0v) is 13.4. The van der Waals surface area contributed by atoms with E-state index in [-0.39, 0.29) is 12.4 Å². The minimum Gasteiger partial charge on any atom is -0.497 e. The van der Waals surface area contributed by atoms with Crippen molar-refractivity contribution in [3.8, 4) is 17.2 Å². The Bertz CT molecular complexity index is 790. The van der Waals surface area contributed by atoms with Crippen LogP contribution in [0.15, 0.2) is 42.0 Å². The number of hydrogen-bond acceptors (Lipinski definition) is 4. The number of hydrogen-bond donors (Lipinski definition) is 0. The van der Waals surface area contributed by atoms with Gasteiger partial charge in [-0.25, -0.2) is 0 Å². The third-order valence-corrected chi connectivity index (χ3v) is 3.87. The number of benzene rings is 2. The Morgan fingerprint density at radius 2 is 1.91 bits per heavy atom. The van der Waals surface area contributed by atoms with Crippen LogP contribution in [0.4, 0.5) is 0 Å². The Balaban J connectivity index is 1.95. The van der Waals surface area contributed by atoms with Gasteiger partial charge in [-0.2, -0.15) is 0 Å². The van der Waals surface area contributed by atoms with E-state index in [0.29, 0.717) is 22.6 Å². The van der Waals surface area contributed by atoms with Crippen LogP contribution in [0.25, 0.3) is 6.08 Å². The first-order valence-electron chi connectivity index (χ1n) is 7.33. The lowest BCUT2D eigenvalue weighted by Crippen LogP contribution is -2.19. The van der Waals surface area contributed by atoms with Gasteiger partial charge < -0.3 is 14.2 Å². The molecule has 4 nitrogen and oxygen atoms in total. The van der Waals surface area contributed by atoms with E-state index in [4.69, 9.17) is 14.2 Å². The number of rotatable bonds is 3. The summed E-state index contributed by atoms with van der Waals surface area (Å²) in [5, 5.41) is 0. The van der Waals surface area contributed by atoms with Gasteiger partial charge in [0.2, 0.25) is 0 Å². The number of methoxy groups -OCH3 is 2. The number of aryl methyl sites for hydroxylation is 1. The molecule has 1 aliphatic heterocycles. The molecule has 0 radical (unpaired) electrons. The van der Waals surface area contributed by atoms with Crippen LogP contribution in [0.2, 0.25) is 0 Å². The van der Waals surface area contributed by atoms with Gasteiger partial charge in [0.15, 0.2) is 5.78 Å². The SMILES string of the molecule is COc1ccc2c(c1)C(=O)/C(=C\c1ccc(OC)c(C)c1)CO2. The molecule has 0 spiro atoms. The Labute approximate surface area is 135 Å². The first-order valence-corrected chi connectivity index (χ1v) is 7.33. The average Bonchev–Trinajstić information content (AvgIpc) is 2.57. The second-order valence-corrected chi connectivity index (χ2v) is 5.38. The fourth-order valence-corrected chi connectivity index (χ4v) is 2.63. The lowest BCUT2D eigenvalue weighted by atomic mass is 9.97. The zero-order valence-electron chi connectivity index (χ0n) is 13.4. The molecular weight excluding hydrogens is 292 g/mol. The Hall–Kier alpha value is -2.75. The molecule has 0 atom stereocenters. The minimum atomic E-state index is -0.0291. The normalized spacial score (nSPS) is 15.1. The maximum absolute atomic E-state index is 12.7. The quantitative estimate of drug-likeness (QED) is 0.811. The van der Waals surface area contributed by atoms with Gasteiger partial charge in [0, 0.05) is 5.57 Å². The Morgan fingerprint density at radius 1 is 1.09 bits per heavy atom. The van der Waals surface area contributed by atoms with Gasteiger partial charge in [-0.15, -0.1) is 0 Å². The van der Waals surface area contributed by atoms with Gasteiger partial charge in [-0.1, -0.05) is 6.07 Å². The molecule has 0 saturated heterocycles. The Kier molecular flexibility index (Phi) is 4.06. The van der Waals surface area contributed by atoms with Crippen LogP contribution in [-0.4, -0.2) is 26.6 Å². The monoisotopic (exact) mass is 310 g/mol. The van der Waals surface area contributed by atoms with E-state index >= 15 is 0 Å². The second-order valence-electron chi connectivity index (χ2n) is 5.38. The predicted molar refractivity (Wildman–Crippen MR) is 88.5 cm³/mol. The molecule has 1 heterocycles. The summed E-state index contributed by atoms with van der Waals surface area (Å²) >= 11 is 0. The van der Waals surface area contributed by atoms with E-state index in [1.807, 2.05) is 31.2 Å². The molecule has 1 aliphatic rings. The van der Waals surface area contributed by atoms with E-state index in [1.54, 1.807) is 32.4 Å². The topological polar surface area (TPSA) is 44.8 Å². The molecular formula is C19H18O4. The average molecular weight is 310 g/mol. The van der Waals surface area contributed by atoms with Crippen molar-refractivity contribution in [3.63, 3.8) is 0 Å². The first kappa shape index (κ1) is 15.2. The molecule has 4 heteroatoms. The van der Waals surface area contributed by atoms with Crippen LogP contribution < -0.4 is 14.2 Å². The lowest BCUT2D eigenvalue weighted by molar-refractivity contribution is 0.100. The number of carbonyl (C=O) groups is 1. The number of carbonyl (C=O) groups excluding carboxylic acids is 1. The molecule has 2 aromatic rings. The molecule has 0 amide bonds. The standard InChI is InChI=1S/C19H18O4/c1-12-8-13(4-6-17(12)22-3)9-14-11-23-18-7-5-15(21-2)10-16(18)19(14)20/h4-10H,11H2,1-3H3/b14-9-. The van der Waals surface area contributed by atoms with Crippen LogP contribution >= 0.6 is 0 Å². The fraction of sp³-hybridized carbons (Fsp3) is 0.211. The summed E-state index contributed by atoms with van der Waals surface area (Å²) in [6, 6.07) is 11.1. The van der Waals surface area contributed by atoms with E-state index in [2.05, 4.69) is 0 Å². The maximum Gasteiger partial charge on any atom is 0.196 e.